The normalized spacial score (nSPS) is 18.5. The minimum absolute atomic E-state index is 0.0349. The van der Waals surface area contributed by atoms with Crippen LogP contribution in [0.25, 0.3) is 0 Å². The number of phenolic OH excluding ortho intramolecular Hbond substituents is 1. The van der Waals surface area contributed by atoms with Gasteiger partial charge in [-0.25, -0.2) is 4.79 Å². The number of ether oxygens (including phenoxy) is 1. The zero-order valence-corrected chi connectivity index (χ0v) is 21.9. The summed E-state index contributed by atoms with van der Waals surface area (Å²) in [4.78, 5) is 53.0. The Bertz CT molecular complexity index is 945. The Hall–Kier alpha value is -3.30. The fourth-order valence-corrected chi connectivity index (χ4v) is 3.96. The highest BCUT2D eigenvalue weighted by molar-refractivity contribution is 5.93. The molecule has 4 unspecified atom stereocenters. The average molecular weight is 505 g/mol. The number of nitrogens with one attached hydrogen (secondary N) is 2. The van der Waals surface area contributed by atoms with Gasteiger partial charge in [-0.1, -0.05) is 32.4 Å². The fourth-order valence-electron chi connectivity index (χ4n) is 3.96. The predicted octanol–water partition coefficient (Wildman–Crippen LogP) is 2.75. The molecule has 1 aromatic carbocycles. The predicted molar refractivity (Wildman–Crippen MR) is 135 cm³/mol. The van der Waals surface area contributed by atoms with Gasteiger partial charge in [-0.3, -0.25) is 14.4 Å². The van der Waals surface area contributed by atoms with Crippen LogP contribution in [0.3, 0.4) is 0 Å². The van der Waals surface area contributed by atoms with Crippen LogP contribution in [0.15, 0.2) is 24.3 Å². The SMILES string of the molecule is CCCCNC(=O)C(c1cccc(O)c1)N(C(=O)C(CCC(N)=O)NC(=O)OC(C)(C)C)C1CC1C. The Balaban J connectivity index is 2.45. The Kier molecular flexibility index (Phi) is 10.1. The molecule has 5 N–H and O–H groups in total. The van der Waals surface area contributed by atoms with Crippen molar-refractivity contribution in [1.29, 1.82) is 0 Å². The second-order valence-electron chi connectivity index (χ2n) is 10.4. The number of carbonyl (C=O) groups is 4. The monoisotopic (exact) mass is 504 g/mol. The quantitative estimate of drug-likeness (QED) is 0.321. The topological polar surface area (TPSA) is 151 Å². The Morgan fingerprint density at radius 3 is 2.44 bits per heavy atom. The van der Waals surface area contributed by atoms with Crippen molar-refractivity contribution in [2.75, 3.05) is 6.54 Å². The molecule has 10 nitrogen and oxygen atoms in total. The van der Waals surface area contributed by atoms with E-state index in [4.69, 9.17) is 10.5 Å². The number of aromatic hydroxyl groups is 1. The second-order valence-corrected chi connectivity index (χ2v) is 10.4. The molecule has 1 aliphatic carbocycles. The van der Waals surface area contributed by atoms with E-state index in [0.717, 1.165) is 12.8 Å². The van der Waals surface area contributed by atoms with Crippen LogP contribution in [-0.4, -0.2) is 58.1 Å². The Labute approximate surface area is 212 Å². The van der Waals surface area contributed by atoms with Gasteiger partial charge in [0, 0.05) is 19.0 Å². The van der Waals surface area contributed by atoms with Gasteiger partial charge in [0.05, 0.1) is 0 Å². The molecule has 2 rings (SSSR count). The lowest BCUT2D eigenvalue weighted by Crippen LogP contribution is -2.54. The van der Waals surface area contributed by atoms with E-state index in [1.807, 2.05) is 13.8 Å². The molecule has 10 heteroatoms. The lowest BCUT2D eigenvalue weighted by molar-refractivity contribution is -0.143. The van der Waals surface area contributed by atoms with Gasteiger partial charge in [-0.05, 0) is 63.6 Å². The van der Waals surface area contributed by atoms with Crippen LogP contribution in [0.2, 0.25) is 0 Å². The molecule has 0 bridgehead atoms. The number of rotatable bonds is 12. The van der Waals surface area contributed by atoms with E-state index in [9.17, 15) is 24.3 Å². The highest BCUT2D eigenvalue weighted by atomic mass is 16.6. The lowest BCUT2D eigenvalue weighted by atomic mass is 10.0. The number of primary amides is 1. The first-order valence-corrected chi connectivity index (χ1v) is 12.5. The second kappa shape index (κ2) is 12.6. The summed E-state index contributed by atoms with van der Waals surface area (Å²) in [5.41, 5.74) is 4.98. The van der Waals surface area contributed by atoms with Crippen molar-refractivity contribution in [3.05, 3.63) is 29.8 Å². The van der Waals surface area contributed by atoms with Crippen LogP contribution in [-0.2, 0) is 19.1 Å². The molecule has 4 atom stereocenters. The molecule has 1 aliphatic rings. The molecule has 0 saturated heterocycles. The standard InChI is InChI=1S/C26H40N4O6/c1-6-7-13-28-23(33)22(17-9-8-10-18(31)15-17)30(20-14-16(20)2)24(34)19(11-12-21(27)32)29-25(35)36-26(3,4)5/h8-10,15-16,19-20,22,31H,6-7,11-14H2,1-5H3,(H2,27,32)(H,28,33)(H,29,35). The van der Waals surface area contributed by atoms with Gasteiger partial charge in [0.25, 0.3) is 0 Å². The number of hydrogen-bond acceptors (Lipinski definition) is 6. The van der Waals surface area contributed by atoms with Crippen LogP contribution >= 0.6 is 0 Å². The van der Waals surface area contributed by atoms with E-state index >= 15 is 0 Å². The third-order valence-electron chi connectivity index (χ3n) is 5.89. The van der Waals surface area contributed by atoms with Gasteiger partial charge in [0.2, 0.25) is 17.7 Å². The maximum absolute atomic E-state index is 14.0. The number of phenols is 1. The molecular formula is C26H40N4O6. The number of nitrogens with zero attached hydrogens (tertiary/aromatic N) is 1. The van der Waals surface area contributed by atoms with Crippen LogP contribution in [0, 0.1) is 5.92 Å². The number of benzene rings is 1. The molecule has 0 aliphatic heterocycles. The Morgan fingerprint density at radius 2 is 1.92 bits per heavy atom. The van der Waals surface area contributed by atoms with Crippen LogP contribution in [0.4, 0.5) is 4.79 Å². The first-order valence-electron chi connectivity index (χ1n) is 12.5. The van der Waals surface area contributed by atoms with Gasteiger partial charge >= 0.3 is 6.09 Å². The van der Waals surface area contributed by atoms with Crippen LogP contribution in [0.1, 0.15) is 78.3 Å². The Morgan fingerprint density at radius 1 is 1.25 bits per heavy atom. The van der Waals surface area contributed by atoms with Crippen molar-refractivity contribution in [3.63, 3.8) is 0 Å². The summed E-state index contributed by atoms with van der Waals surface area (Å²) >= 11 is 0. The molecule has 1 fully saturated rings. The van der Waals surface area contributed by atoms with Crippen LogP contribution < -0.4 is 16.4 Å². The van der Waals surface area contributed by atoms with Gasteiger partial charge in [0.15, 0.2) is 0 Å². The van der Waals surface area contributed by atoms with E-state index in [2.05, 4.69) is 10.6 Å². The van der Waals surface area contributed by atoms with E-state index in [0.29, 0.717) is 18.5 Å². The molecule has 200 valence electrons. The minimum Gasteiger partial charge on any atom is -0.508 e. The summed E-state index contributed by atoms with van der Waals surface area (Å²) in [6.07, 6.45) is 1.34. The first kappa shape index (κ1) is 28.9. The number of hydrogen-bond donors (Lipinski definition) is 4. The minimum atomic E-state index is -1.14. The van der Waals surface area contributed by atoms with Crippen molar-refractivity contribution in [3.8, 4) is 5.75 Å². The molecule has 0 heterocycles. The number of nitrogens with two attached hydrogens (primary N) is 1. The molecule has 0 radical (unpaired) electrons. The number of carbonyl (C=O) groups excluding carboxylic acids is 4. The van der Waals surface area contributed by atoms with Crippen molar-refractivity contribution in [1.82, 2.24) is 15.5 Å². The molecule has 0 spiro atoms. The molecule has 4 amide bonds. The molecule has 1 aromatic rings. The molecular weight excluding hydrogens is 464 g/mol. The summed E-state index contributed by atoms with van der Waals surface area (Å²) in [6, 6.07) is 3.81. The largest absolute Gasteiger partial charge is 0.508 e. The van der Waals surface area contributed by atoms with E-state index in [-0.39, 0.29) is 36.5 Å². The summed E-state index contributed by atoms with van der Waals surface area (Å²) < 4.78 is 5.33. The maximum Gasteiger partial charge on any atom is 0.408 e. The summed E-state index contributed by atoms with van der Waals surface area (Å²) in [5, 5.41) is 15.6. The van der Waals surface area contributed by atoms with Gasteiger partial charge in [-0.15, -0.1) is 0 Å². The van der Waals surface area contributed by atoms with Crippen molar-refractivity contribution < 1.29 is 29.0 Å². The van der Waals surface area contributed by atoms with Crippen molar-refractivity contribution in [2.45, 2.75) is 90.4 Å². The van der Waals surface area contributed by atoms with E-state index < -0.39 is 35.6 Å². The highest BCUT2D eigenvalue weighted by Gasteiger charge is 2.48. The summed E-state index contributed by atoms with van der Waals surface area (Å²) in [6.45, 7) is 9.51. The fraction of sp³-hybridized carbons (Fsp3) is 0.615. The molecule has 1 saturated carbocycles. The lowest BCUT2D eigenvalue weighted by Gasteiger charge is -2.35. The zero-order chi connectivity index (χ0) is 27.0. The highest BCUT2D eigenvalue weighted by Crippen LogP contribution is 2.41. The smallest absolute Gasteiger partial charge is 0.408 e. The van der Waals surface area contributed by atoms with Crippen molar-refractivity contribution in [2.24, 2.45) is 11.7 Å². The summed E-state index contributed by atoms with van der Waals surface area (Å²) in [7, 11) is 0. The van der Waals surface area contributed by atoms with Crippen LogP contribution in [0.5, 0.6) is 5.75 Å². The number of unbranched alkanes of at least 4 members (excludes halogenated alkanes) is 1. The summed E-state index contributed by atoms with van der Waals surface area (Å²) in [5.74, 6) is -1.42. The van der Waals surface area contributed by atoms with Gasteiger partial charge in [-0.2, -0.15) is 0 Å². The van der Waals surface area contributed by atoms with E-state index in [1.54, 1.807) is 32.9 Å². The van der Waals surface area contributed by atoms with Gasteiger partial charge in [0.1, 0.15) is 23.4 Å². The average Bonchev–Trinajstić information content (AvgIpc) is 3.48. The molecule has 36 heavy (non-hydrogen) atoms. The van der Waals surface area contributed by atoms with E-state index in [1.165, 1.54) is 17.0 Å². The third kappa shape index (κ3) is 8.73. The third-order valence-corrected chi connectivity index (χ3v) is 5.89. The maximum atomic E-state index is 14.0. The van der Waals surface area contributed by atoms with Crippen molar-refractivity contribution >= 4 is 23.8 Å². The number of alkyl carbamates (subject to hydrolysis) is 1. The number of amides is 4. The first-order chi connectivity index (χ1) is 16.8. The molecule has 0 aromatic heterocycles. The van der Waals surface area contributed by atoms with Gasteiger partial charge < -0.3 is 31.1 Å². The zero-order valence-electron chi connectivity index (χ0n) is 21.9.